The molecular formula is C24H33N3O4S. The molecule has 1 aliphatic rings. The summed E-state index contributed by atoms with van der Waals surface area (Å²) in [6.07, 6.45) is 1.11. The van der Waals surface area contributed by atoms with Gasteiger partial charge in [-0.3, -0.25) is 9.10 Å². The van der Waals surface area contributed by atoms with Crippen molar-refractivity contribution in [1.29, 1.82) is 0 Å². The molecule has 0 atom stereocenters. The van der Waals surface area contributed by atoms with Gasteiger partial charge in [0.25, 0.3) is 0 Å². The molecule has 174 valence electrons. The van der Waals surface area contributed by atoms with E-state index in [1.807, 2.05) is 36.4 Å². The Labute approximate surface area is 191 Å². The van der Waals surface area contributed by atoms with E-state index in [2.05, 4.69) is 31.0 Å². The Kier molecular flexibility index (Phi) is 7.46. The van der Waals surface area contributed by atoms with E-state index in [9.17, 15) is 13.2 Å². The Morgan fingerprint density at radius 2 is 1.62 bits per heavy atom. The zero-order chi connectivity index (χ0) is 23.4. The van der Waals surface area contributed by atoms with Gasteiger partial charge in [-0.15, -0.1) is 0 Å². The van der Waals surface area contributed by atoms with Gasteiger partial charge in [-0.05, 0) is 40.8 Å². The summed E-state index contributed by atoms with van der Waals surface area (Å²) in [6.45, 7) is 9.55. The molecule has 1 aliphatic heterocycles. The number of carbonyl (C=O) groups is 1. The number of hydrogen-bond acceptors (Lipinski definition) is 5. The highest BCUT2D eigenvalue weighted by Gasteiger charge is 2.22. The smallest absolute Gasteiger partial charge is 0.241 e. The van der Waals surface area contributed by atoms with Gasteiger partial charge < -0.3 is 15.0 Å². The van der Waals surface area contributed by atoms with Crippen LogP contribution in [0.25, 0.3) is 0 Å². The van der Waals surface area contributed by atoms with Crippen molar-refractivity contribution in [2.24, 2.45) is 0 Å². The Hall–Kier alpha value is -2.58. The van der Waals surface area contributed by atoms with E-state index in [1.54, 1.807) is 12.1 Å². The van der Waals surface area contributed by atoms with Crippen molar-refractivity contribution < 1.29 is 17.9 Å². The van der Waals surface area contributed by atoms with E-state index < -0.39 is 10.0 Å². The van der Waals surface area contributed by atoms with Gasteiger partial charge in [-0.25, -0.2) is 8.42 Å². The lowest BCUT2D eigenvalue weighted by molar-refractivity contribution is -0.119. The molecule has 3 rings (SSSR count). The lowest BCUT2D eigenvalue weighted by atomic mass is 9.87. The van der Waals surface area contributed by atoms with Gasteiger partial charge in [-0.2, -0.15) is 0 Å². The number of rotatable bonds is 7. The molecule has 7 nitrogen and oxygen atoms in total. The standard InChI is InChI=1S/C24H33N3O4S/c1-24(2,3)20-7-11-22(12-8-20)27(32(4,29)30)18-23(28)25-17-19-5-9-21(10-6-19)26-13-15-31-16-14-26/h5-12H,13-18H2,1-4H3,(H,25,28). The molecule has 0 unspecified atom stereocenters. The molecule has 1 saturated heterocycles. The van der Waals surface area contributed by atoms with Crippen LogP contribution in [0.15, 0.2) is 48.5 Å². The third-order valence-corrected chi connectivity index (χ3v) is 6.65. The minimum absolute atomic E-state index is 0.0385. The molecule has 0 bridgehead atoms. The SMILES string of the molecule is CC(C)(C)c1ccc(N(CC(=O)NCc2ccc(N3CCOCC3)cc2)S(C)(=O)=O)cc1. The third-order valence-electron chi connectivity index (χ3n) is 5.51. The maximum atomic E-state index is 12.5. The van der Waals surface area contributed by atoms with Crippen LogP contribution in [0.1, 0.15) is 31.9 Å². The zero-order valence-electron chi connectivity index (χ0n) is 19.3. The molecule has 2 aromatic carbocycles. The summed E-state index contributed by atoms with van der Waals surface area (Å²) in [7, 11) is -3.61. The fourth-order valence-electron chi connectivity index (χ4n) is 3.56. The second kappa shape index (κ2) is 9.92. The predicted molar refractivity (Wildman–Crippen MR) is 129 cm³/mol. The molecular weight excluding hydrogens is 426 g/mol. The maximum Gasteiger partial charge on any atom is 0.241 e. The van der Waals surface area contributed by atoms with E-state index in [1.165, 1.54) is 0 Å². The molecule has 2 aromatic rings. The lowest BCUT2D eigenvalue weighted by Gasteiger charge is -2.29. The van der Waals surface area contributed by atoms with Crippen molar-refractivity contribution in [3.05, 3.63) is 59.7 Å². The van der Waals surface area contributed by atoms with Crippen LogP contribution in [0, 0.1) is 0 Å². The summed E-state index contributed by atoms with van der Waals surface area (Å²) in [5, 5.41) is 2.83. The first-order chi connectivity index (χ1) is 15.0. The van der Waals surface area contributed by atoms with E-state index in [-0.39, 0.29) is 17.9 Å². The molecule has 1 fully saturated rings. The Bertz CT molecular complexity index is 1010. The molecule has 0 radical (unpaired) electrons. The number of nitrogens with one attached hydrogen (secondary N) is 1. The zero-order valence-corrected chi connectivity index (χ0v) is 20.1. The average molecular weight is 460 g/mol. The molecule has 0 aliphatic carbocycles. The number of anilines is 2. The first kappa shape index (κ1) is 24.1. The van der Waals surface area contributed by atoms with Crippen LogP contribution < -0.4 is 14.5 Å². The Morgan fingerprint density at radius 1 is 1.03 bits per heavy atom. The summed E-state index contributed by atoms with van der Waals surface area (Å²) in [6, 6.07) is 15.3. The fraction of sp³-hybridized carbons (Fsp3) is 0.458. The minimum atomic E-state index is -3.61. The molecule has 0 spiro atoms. The van der Waals surface area contributed by atoms with Gasteiger partial charge in [0.05, 0.1) is 25.2 Å². The van der Waals surface area contributed by atoms with Crippen molar-refractivity contribution in [2.45, 2.75) is 32.7 Å². The van der Waals surface area contributed by atoms with Crippen LogP contribution in [0.4, 0.5) is 11.4 Å². The largest absolute Gasteiger partial charge is 0.378 e. The van der Waals surface area contributed by atoms with Crippen molar-refractivity contribution in [3.8, 4) is 0 Å². The van der Waals surface area contributed by atoms with Gasteiger partial charge in [0.2, 0.25) is 15.9 Å². The Morgan fingerprint density at radius 3 is 2.16 bits per heavy atom. The van der Waals surface area contributed by atoms with Crippen LogP contribution >= 0.6 is 0 Å². The second-order valence-electron chi connectivity index (χ2n) is 9.11. The molecule has 1 heterocycles. The number of morpholine rings is 1. The van der Waals surface area contributed by atoms with Crippen LogP contribution in [0.5, 0.6) is 0 Å². The summed E-state index contributed by atoms with van der Waals surface area (Å²) in [5.41, 5.74) is 3.62. The van der Waals surface area contributed by atoms with Crippen LogP contribution in [-0.2, 0) is 31.5 Å². The fourth-order valence-corrected chi connectivity index (χ4v) is 4.42. The predicted octanol–water partition coefficient (Wildman–Crippen LogP) is 2.90. The normalized spacial score (nSPS) is 14.8. The van der Waals surface area contributed by atoms with Gasteiger partial charge in [-0.1, -0.05) is 45.0 Å². The summed E-state index contributed by atoms with van der Waals surface area (Å²) < 4.78 is 31.2. The number of nitrogens with zero attached hydrogens (tertiary/aromatic N) is 2. The Balaban J connectivity index is 1.61. The molecule has 0 saturated carbocycles. The van der Waals surface area contributed by atoms with Crippen molar-refractivity contribution in [1.82, 2.24) is 5.32 Å². The van der Waals surface area contributed by atoms with Gasteiger partial charge in [0, 0.05) is 25.3 Å². The quantitative estimate of drug-likeness (QED) is 0.689. The van der Waals surface area contributed by atoms with E-state index >= 15 is 0 Å². The minimum Gasteiger partial charge on any atom is -0.378 e. The maximum absolute atomic E-state index is 12.5. The number of hydrogen-bond donors (Lipinski definition) is 1. The van der Waals surface area contributed by atoms with Gasteiger partial charge >= 0.3 is 0 Å². The summed E-state index contributed by atoms with van der Waals surface area (Å²) in [4.78, 5) is 14.8. The number of amides is 1. The van der Waals surface area contributed by atoms with Crippen LogP contribution in [-0.4, -0.2) is 53.4 Å². The highest BCUT2D eigenvalue weighted by atomic mass is 32.2. The van der Waals surface area contributed by atoms with Gasteiger partial charge in [0.1, 0.15) is 6.54 Å². The molecule has 1 N–H and O–H groups in total. The van der Waals surface area contributed by atoms with Crippen LogP contribution in [0.2, 0.25) is 0 Å². The third kappa shape index (κ3) is 6.46. The molecule has 1 amide bonds. The van der Waals surface area contributed by atoms with Crippen molar-refractivity contribution in [3.63, 3.8) is 0 Å². The van der Waals surface area contributed by atoms with Crippen molar-refractivity contribution >= 4 is 27.3 Å². The number of benzene rings is 2. The number of ether oxygens (including phenoxy) is 1. The molecule has 32 heavy (non-hydrogen) atoms. The topological polar surface area (TPSA) is 79.0 Å². The highest BCUT2D eigenvalue weighted by molar-refractivity contribution is 7.92. The first-order valence-corrected chi connectivity index (χ1v) is 12.7. The first-order valence-electron chi connectivity index (χ1n) is 10.8. The molecule has 0 aromatic heterocycles. The highest BCUT2D eigenvalue weighted by Crippen LogP contribution is 2.26. The molecule has 8 heteroatoms. The summed E-state index contributed by atoms with van der Waals surface area (Å²) in [5.74, 6) is -0.354. The number of carbonyl (C=O) groups excluding carboxylic acids is 1. The summed E-state index contributed by atoms with van der Waals surface area (Å²) >= 11 is 0. The average Bonchev–Trinajstić information content (AvgIpc) is 2.76. The number of sulfonamides is 1. The van der Waals surface area contributed by atoms with E-state index in [0.717, 1.165) is 53.7 Å². The van der Waals surface area contributed by atoms with Crippen LogP contribution in [0.3, 0.4) is 0 Å². The second-order valence-corrected chi connectivity index (χ2v) is 11.0. The lowest BCUT2D eigenvalue weighted by Crippen LogP contribution is -2.40. The monoisotopic (exact) mass is 459 g/mol. The van der Waals surface area contributed by atoms with Crippen molar-refractivity contribution in [2.75, 3.05) is 48.3 Å². The van der Waals surface area contributed by atoms with Gasteiger partial charge in [0.15, 0.2) is 0 Å². The van der Waals surface area contributed by atoms with E-state index in [4.69, 9.17) is 4.74 Å². The van der Waals surface area contributed by atoms with E-state index in [0.29, 0.717) is 12.2 Å².